The minimum atomic E-state index is -1.05. The van der Waals surface area contributed by atoms with Crippen molar-refractivity contribution in [1.29, 1.82) is 0 Å². The van der Waals surface area contributed by atoms with E-state index in [1.54, 1.807) is 37.4 Å². The van der Waals surface area contributed by atoms with Gasteiger partial charge in [-0.1, -0.05) is 41.9 Å². The van der Waals surface area contributed by atoms with Crippen molar-refractivity contribution in [3.8, 4) is 0 Å². The van der Waals surface area contributed by atoms with Gasteiger partial charge >= 0.3 is 5.97 Å². The van der Waals surface area contributed by atoms with Crippen LogP contribution in [0.1, 0.15) is 34.5 Å². The second kappa shape index (κ2) is 8.65. The molecule has 0 aromatic heterocycles. The summed E-state index contributed by atoms with van der Waals surface area (Å²) in [5.74, 6) is -1.32. The number of rotatable bonds is 7. The number of benzene rings is 2. The second-order valence-corrected chi connectivity index (χ2v) is 6.14. The molecule has 2 aromatic carbocycles. The third-order valence-electron chi connectivity index (χ3n) is 3.89. The van der Waals surface area contributed by atoms with Crippen molar-refractivity contribution in [3.63, 3.8) is 0 Å². The Morgan fingerprint density at radius 3 is 2.40 bits per heavy atom. The summed E-state index contributed by atoms with van der Waals surface area (Å²) in [6.07, 6.45) is -0.347. The molecule has 0 aliphatic heterocycles. The Labute approximate surface area is 151 Å². The van der Waals surface area contributed by atoms with Gasteiger partial charge in [0.05, 0.1) is 18.0 Å². The third-order valence-corrected chi connectivity index (χ3v) is 4.15. The molecule has 0 aliphatic rings. The molecule has 2 aromatic rings. The number of ether oxygens (including phenoxy) is 1. The van der Waals surface area contributed by atoms with Crippen LogP contribution in [0.25, 0.3) is 0 Å². The van der Waals surface area contributed by atoms with Crippen LogP contribution < -0.4 is 5.32 Å². The Balaban J connectivity index is 2.06. The van der Waals surface area contributed by atoms with Gasteiger partial charge in [-0.05, 0) is 36.2 Å². The molecular formula is C19H20ClNO4. The number of carboxylic acid groups (broad SMARTS) is 1. The Bertz CT molecular complexity index is 745. The van der Waals surface area contributed by atoms with Gasteiger partial charge < -0.3 is 15.2 Å². The van der Waals surface area contributed by atoms with Crippen LogP contribution in [0.15, 0.2) is 48.5 Å². The standard InChI is InChI=1S/C19H20ClNO4/c1-12(18(25-2)13-7-9-15(20)10-8-13)21-17(22)11-14-5-3-4-6-16(14)19(23)24/h3-10,12,18H,11H2,1-2H3,(H,21,22)(H,23,24). The topological polar surface area (TPSA) is 75.6 Å². The van der Waals surface area contributed by atoms with E-state index in [0.29, 0.717) is 10.6 Å². The van der Waals surface area contributed by atoms with E-state index in [9.17, 15) is 14.7 Å². The fourth-order valence-electron chi connectivity index (χ4n) is 2.72. The van der Waals surface area contributed by atoms with Crippen molar-refractivity contribution in [2.45, 2.75) is 25.5 Å². The van der Waals surface area contributed by atoms with E-state index in [4.69, 9.17) is 16.3 Å². The summed E-state index contributed by atoms with van der Waals surface area (Å²) >= 11 is 5.90. The van der Waals surface area contributed by atoms with Crippen molar-refractivity contribution >= 4 is 23.5 Å². The minimum Gasteiger partial charge on any atom is -0.478 e. The smallest absolute Gasteiger partial charge is 0.335 e. The predicted octanol–water partition coefficient (Wildman–Crippen LogP) is 3.47. The van der Waals surface area contributed by atoms with Crippen LogP contribution in [-0.2, 0) is 16.0 Å². The summed E-state index contributed by atoms with van der Waals surface area (Å²) in [6, 6.07) is 13.4. The molecule has 6 heteroatoms. The molecule has 0 fully saturated rings. The number of methoxy groups -OCH3 is 1. The highest BCUT2D eigenvalue weighted by Gasteiger charge is 2.21. The first-order valence-corrected chi connectivity index (χ1v) is 8.19. The van der Waals surface area contributed by atoms with Gasteiger partial charge in [0.25, 0.3) is 0 Å². The third kappa shape index (κ3) is 5.05. The molecule has 5 nitrogen and oxygen atoms in total. The van der Waals surface area contributed by atoms with E-state index in [-0.39, 0.29) is 30.0 Å². The van der Waals surface area contributed by atoms with Crippen molar-refractivity contribution in [3.05, 3.63) is 70.2 Å². The highest BCUT2D eigenvalue weighted by molar-refractivity contribution is 6.30. The maximum Gasteiger partial charge on any atom is 0.335 e. The highest BCUT2D eigenvalue weighted by Crippen LogP contribution is 2.22. The van der Waals surface area contributed by atoms with Crippen LogP contribution in [-0.4, -0.2) is 30.1 Å². The summed E-state index contributed by atoms with van der Waals surface area (Å²) in [4.78, 5) is 23.6. The Hall–Kier alpha value is -2.37. The largest absolute Gasteiger partial charge is 0.478 e. The molecule has 0 bridgehead atoms. The second-order valence-electron chi connectivity index (χ2n) is 5.70. The van der Waals surface area contributed by atoms with E-state index in [2.05, 4.69) is 5.32 Å². The lowest BCUT2D eigenvalue weighted by Gasteiger charge is -2.24. The molecule has 0 saturated heterocycles. The van der Waals surface area contributed by atoms with Crippen LogP contribution in [0.4, 0.5) is 0 Å². The molecule has 2 rings (SSSR count). The SMILES string of the molecule is COC(c1ccc(Cl)cc1)C(C)NC(=O)Cc1ccccc1C(=O)O. The zero-order valence-corrected chi connectivity index (χ0v) is 14.8. The number of aromatic carboxylic acids is 1. The fourth-order valence-corrected chi connectivity index (χ4v) is 2.84. The predicted molar refractivity (Wildman–Crippen MR) is 95.9 cm³/mol. The molecule has 0 saturated carbocycles. The number of nitrogens with one attached hydrogen (secondary N) is 1. The van der Waals surface area contributed by atoms with Gasteiger partial charge in [0.2, 0.25) is 5.91 Å². The Morgan fingerprint density at radius 2 is 1.80 bits per heavy atom. The van der Waals surface area contributed by atoms with Gasteiger partial charge in [-0.3, -0.25) is 4.79 Å². The Kier molecular flexibility index (Phi) is 6.56. The van der Waals surface area contributed by atoms with Gasteiger partial charge in [0, 0.05) is 12.1 Å². The summed E-state index contributed by atoms with van der Waals surface area (Å²) in [7, 11) is 1.57. The number of halogens is 1. The average molecular weight is 362 g/mol. The van der Waals surface area contributed by atoms with Crippen LogP contribution >= 0.6 is 11.6 Å². The van der Waals surface area contributed by atoms with Crippen molar-refractivity contribution in [2.75, 3.05) is 7.11 Å². The lowest BCUT2D eigenvalue weighted by molar-refractivity contribution is -0.122. The molecule has 0 radical (unpaired) electrons. The molecule has 0 spiro atoms. The maximum atomic E-state index is 12.3. The van der Waals surface area contributed by atoms with E-state index < -0.39 is 5.97 Å². The molecule has 0 heterocycles. The number of amides is 1. The summed E-state index contributed by atoms with van der Waals surface area (Å²) in [5.41, 5.74) is 1.50. The summed E-state index contributed by atoms with van der Waals surface area (Å²) < 4.78 is 5.50. The van der Waals surface area contributed by atoms with E-state index in [1.807, 2.05) is 19.1 Å². The maximum absolute atomic E-state index is 12.3. The summed E-state index contributed by atoms with van der Waals surface area (Å²) in [5, 5.41) is 12.7. The zero-order valence-electron chi connectivity index (χ0n) is 14.0. The fraction of sp³-hybridized carbons (Fsp3) is 0.263. The van der Waals surface area contributed by atoms with Gasteiger partial charge in [0.15, 0.2) is 0 Å². The number of carbonyl (C=O) groups is 2. The highest BCUT2D eigenvalue weighted by atomic mass is 35.5. The number of hydrogen-bond donors (Lipinski definition) is 2. The van der Waals surface area contributed by atoms with E-state index >= 15 is 0 Å². The molecule has 0 aliphatic carbocycles. The minimum absolute atomic E-state index is 0.0101. The first-order valence-electron chi connectivity index (χ1n) is 7.81. The van der Waals surface area contributed by atoms with Gasteiger partial charge in [-0.2, -0.15) is 0 Å². The molecule has 2 N–H and O–H groups in total. The molecule has 132 valence electrons. The summed E-state index contributed by atoms with van der Waals surface area (Å²) in [6.45, 7) is 1.84. The average Bonchev–Trinajstić information content (AvgIpc) is 2.57. The van der Waals surface area contributed by atoms with Gasteiger partial charge in [-0.25, -0.2) is 4.79 Å². The number of carboxylic acids is 1. The van der Waals surface area contributed by atoms with Crippen molar-refractivity contribution in [2.24, 2.45) is 0 Å². The Morgan fingerprint density at radius 1 is 1.16 bits per heavy atom. The van der Waals surface area contributed by atoms with Crippen LogP contribution in [0.2, 0.25) is 5.02 Å². The first-order chi connectivity index (χ1) is 11.9. The molecule has 1 amide bonds. The zero-order chi connectivity index (χ0) is 18.4. The molecule has 2 unspecified atom stereocenters. The number of hydrogen-bond acceptors (Lipinski definition) is 3. The van der Waals surface area contributed by atoms with Crippen molar-refractivity contribution in [1.82, 2.24) is 5.32 Å². The lowest BCUT2D eigenvalue weighted by Crippen LogP contribution is -2.38. The van der Waals surface area contributed by atoms with Crippen LogP contribution in [0.5, 0.6) is 0 Å². The molecular weight excluding hydrogens is 342 g/mol. The monoisotopic (exact) mass is 361 g/mol. The van der Waals surface area contributed by atoms with E-state index in [0.717, 1.165) is 5.56 Å². The molecule has 2 atom stereocenters. The quantitative estimate of drug-likeness (QED) is 0.791. The van der Waals surface area contributed by atoms with E-state index in [1.165, 1.54) is 6.07 Å². The lowest BCUT2D eigenvalue weighted by atomic mass is 10.0. The van der Waals surface area contributed by atoms with Gasteiger partial charge in [-0.15, -0.1) is 0 Å². The normalized spacial score (nSPS) is 13.1. The van der Waals surface area contributed by atoms with Crippen molar-refractivity contribution < 1.29 is 19.4 Å². The number of carbonyl (C=O) groups excluding carboxylic acids is 1. The molecule has 25 heavy (non-hydrogen) atoms. The van der Waals surface area contributed by atoms with Crippen LogP contribution in [0, 0.1) is 0 Å². The first kappa shape index (κ1) is 19.0. The van der Waals surface area contributed by atoms with Gasteiger partial charge in [0.1, 0.15) is 6.10 Å². The van der Waals surface area contributed by atoms with Crippen LogP contribution in [0.3, 0.4) is 0 Å².